The van der Waals surface area contributed by atoms with Gasteiger partial charge in [0.05, 0.1) is 11.6 Å². The number of carbonyl (C=O) groups is 1. The highest BCUT2D eigenvalue weighted by Gasteiger charge is 2.19. The van der Waals surface area contributed by atoms with Crippen LogP contribution in [0.2, 0.25) is 5.02 Å². The largest absolute Gasteiger partial charge is 0.356 e. The van der Waals surface area contributed by atoms with Crippen molar-refractivity contribution < 1.29 is 9.32 Å². The predicted molar refractivity (Wildman–Crippen MR) is 88.3 cm³/mol. The summed E-state index contributed by atoms with van der Waals surface area (Å²) in [4.78, 5) is 16.1. The molecule has 1 aromatic heterocycles. The zero-order valence-electron chi connectivity index (χ0n) is 13.0. The van der Waals surface area contributed by atoms with Gasteiger partial charge in [-0.15, -0.1) is 0 Å². The molecule has 1 N–H and O–H groups in total. The normalized spacial score (nSPS) is 15.7. The lowest BCUT2D eigenvalue weighted by Crippen LogP contribution is -2.50. The first-order chi connectivity index (χ1) is 11.1. The minimum absolute atomic E-state index is 0.0691. The second-order valence-corrected chi connectivity index (χ2v) is 6.02. The van der Waals surface area contributed by atoms with Crippen LogP contribution in [-0.2, 0) is 6.54 Å². The molecule has 0 saturated carbocycles. The number of hydrogen-bond donors (Lipinski definition) is 1. The van der Waals surface area contributed by atoms with Crippen LogP contribution in [0, 0.1) is 0 Å². The van der Waals surface area contributed by atoms with Gasteiger partial charge in [-0.3, -0.25) is 0 Å². The van der Waals surface area contributed by atoms with Crippen LogP contribution in [0.3, 0.4) is 0 Å². The van der Waals surface area contributed by atoms with E-state index in [2.05, 4.69) is 22.4 Å². The maximum absolute atomic E-state index is 12.1. The van der Waals surface area contributed by atoms with Gasteiger partial charge in [-0.2, -0.15) is 0 Å². The Morgan fingerprint density at radius 2 is 2.04 bits per heavy atom. The molecule has 0 atom stereocenters. The lowest BCUT2D eigenvalue weighted by atomic mass is 10.1. The molecule has 0 spiro atoms. The smallest absolute Gasteiger partial charge is 0.317 e. The van der Waals surface area contributed by atoms with E-state index in [4.69, 9.17) is 16.1 Å². The fourth-order valence-electron chi connectivity index (χ4n) is 2.47. The van der Waals surface area contributed by atoms with Crippen LogP contribution in [0.25, 0.3) is 11.3 Å². The maximum atomic E-state index is 12.1. The number of halogens is 1. The Balaban J connectivity index is 1.57. The third-order valence-corrected chi connectivity index (χ3v) is 4.24. The molecule has 2 amide bonds. The van der Waals surface area contributed by atoms with E-state index in [1.165, 1.54) is 0 Å². The van der Waals surface area contributed by atoms with Crippen molar-refractivity contribution in [1.29, 1.82) is 0 Å². The molecule has 0 aliphatic carbocycles. The Morgan fingerprint density at radius 3 is 2.78 bits per heavy atom. The van der Waals surface area contributed by atoms with E-state index in [1.54, 1.807) is 12.1 Å². The van der Waals surface area contributed by atoms with Crippen LogP contribution in [0.15, 0.2) is 34.9 Å². The molecule has 23 heavy (non-hydrogen) atoms. The van der Waals surface area contributed by atoms with E-state index in [-0.39, 0.29) is 6.03 Å². The van der Waals surface area contributed by atoms with Crippen molar-refractivity contribution in [2.45, 2.75) is 6.54 Å². The van der Waals surface area contributed by atoms with Crippen molar-refractivity contribution in [3.8, 4) is 11.3 Å². The summed E-state index contributed by atoms with van der Waals surface area (Å²) in [7, 11) is 2.06. The van der Waals surface area contributed by atoms with Gasteiger partial charge in [0, 0.05) is 37.8 Å². The SMILES string of the molecule is CN1CCN(C(=O)NCc2cc(-c3ccccc3Cl)on2)CC1. The van der Waals surface area contributed by atoms with Crippen molar-refractivity contribution >= 4 is 17.6 Å². The third kappa shape index (κ3) is 3.83. The lowest BCUT2D eigenvalue weighted by molar-refractivity contribution is 0.154. The van der Waals surface area contributed by atoms with Crippen LogP contribution >= 0.6 is 11.6 Å². The average Bonchev–Trinajstić information content (AvgIpc) is 3.02. The lowest BCUT2D eigenvalue weighted by Gasteiger charge is -2.32. The summed E-state index contributed by atoms with van der Waals surface area (Å²) >= 11 is 6.14. The highest BCUT2D eigenvalue weighted by molar-refractivity contribution is 6.33. The Kier molecular flexibility index (Phi) is 4.83. The average molecular weight is 335 g/mol. The number of rotatable bonds is 3. The van der Waals surface area contributed by atoms with E-state index >= 15 is 0 Å². The molecule has 0 bridgehead atoms. The summed E-state index contributed by atoms with van der Waals surface area (Å²) in [5.74, 6) is 0.597. The van der Waals surface area contributed by atoms with Crippen molar-refractivity contribution in [3.63, 3.8) is 0 Å². The number of hydrogen-bond acceptors (Lipinski definition) is 4. The number of nitrogens with one attached hydrogen (secondary N) is 1. The molecule has 1 aromatic carbocycles. The molecule has 1 saturated heterocycles. The topological polar surface area (TPSA) is 61.6 Å². The van der Waals surface area contributed by atoms with Gasteiger partial charge in [0.1, 0.15) is 5.69 Å². The molecule has 2 aromatic rings. The van der Waals surface area contributed by atoms with Crippen LogP contribution in [-0.4, -0.2) is 54.2 Å². The highest BCUT2D eigenvalue weighted by Crippen LogP contribution is 2.27. The van der Waals surface area contributed by atoms with Crippen molar-refractivity contribution in [2.24, 2.45) is 0 Å². The van der Waals surface area contributed by atoms with E-state index < -0.39 is 0 Å². The Labute approximate surface area is 140 Å². The maximum Gasteiger partial charge on any atom is 0.317 e. The summed E-state index contributed by atoms with van der Waals surface area (Å²) in [5.41, 5.74) is 1.46. The summed E-state index contributed by atoms with van der Waals surface area (Å²) in [6.07, 6.45) is 0. The van der Waals surface area contributed by atoms with Gasteiger partial charge in [0.2, 0.25) is 0 Å². The number of nitrogens with zero attached hydrogens (tertiary/aromatic N) is 3. The fraction of sp³-hybridized carbons (Fsp3) is 0.375. The van der Waals surface area contributed by atoms with Crippen LogP contribution in [0.5, 0.6) is 0 Å². The van der Waals surface area contributed by atoms with Gasteiger partial charge >= 0.3 is 6.03 Å². The van der Waals surface area contributed by atoms with Gasteiger partial charge in [0.25, 0.3) is 0 Å². The van der Waals surface area contributed by atoms with Crippen LogP contribution < -0.4 is 5.32 Å². The molecular weight excluding hydrogens is 316 g/mol. The van der Waals surface area contributed by atoms with Crippen molar-refractivity contribution in [1.82, 2.24) is 20.3 Å². The zero-order valence-corrected chi connectivity index (χ0v) is 13.7. The Bertz CT molecular complexity index is 680. The molecule has 1 aliphatic rings. The zero-order chi connectivity index (χ0) is 16.2. The first-order valence-corrected chi connectivity index (χ1v) is 7.93. The standard InChI is InChI=1S/C16H19ClN4O2/c1-20-6-8-21(9-7-20)16(22)18-11-12-10-15(23-19-12)13-4-2-3-5-14(13)17/h2-5,10H,6-9,11H2,1H3,(H,18,22). The van der Waals surface area contributed by atoms with Crippen molar-refractivity contribution in [2.75, 3.05) is 33.2 Å². The summed E-state index contributed by atoms with van der Waals surface area (Å²) < 4.78 is 5.32. The summed E-state index contributed by atoms with van der Waals surface area (Å²) in [6, 6.07) is 9.15. The quantitative estimate of drug-likeness (QED) is 0.936. The van der Waals surface area contributed by atoms with Gasteiger partial charge < -0.3 is 19.6 Å². The second kappa shape index (κ2) is 7.02. The number of amides is 2. The fourth-order valence-corrected chi connectivity index (χ4v) is 2.70. The van der Waals surface area contributed by atoms with Crippen molar-refractivity contribution in [3.05, 3.63) is 41.0 Å². The number of piperazine rings is 1. The van der Waals surface area contributed by atoms with Crippen LogP contribution in [0.4, 0.5) is 4.79 Å². The minimum atomic E-state index is -0.0691. The number of benzene rings is 1. The first-order valence-electron chi connectivity index (χ1n) is 7.55. The molecule has 0 radical (unpaired) electrons. The van der Waals surface area contributed by atoms with E-state index in [1.807, 2.05) is 23.1 Å². The molecule has 1 aliphatic heterocycles. The molecule has 6 nitrogen and oxygen atoms in total. The van der Waals surface area contributed by atoms with E-state index in [0.717, 1.165) is 31.7 Å². The molecular formula is C16H19ClN4O2. The third-order valence-electron chi connectivity index (χ3n) is 3.91. The second-order valence-electron chi connectivity index (χ2n) is 5.61. The number of urea groups is 1. The van der Waals surface area contributed by atoms with Gasteiger partial charge in [-0.25, -0.2) is 4.79 Å². The Hall–Kier alpha value is -2.05. The monoisotopic (exact) mass is 334 g/mol. The van der Waals surface area contributed by atoms with Crippen LogP contribution in [0.1, 0.15) is 5.69 Å². The predicted octanol–water partition coefficient (Wildman–Crippen LogP) is 2.45. The Morgan fingerprint density at radius 1 is 1.30 bits per heavy atom. The highest BCUT2D eigenvalue weighted by atomic mass is 35.5. The summed E-state index contributed by atoms with van der Waals surface area (Å²) in [5, 5.41) is 7.47. The van der Waals surface area contributed by atoms with E-state index in [0.29, 0.717) is 23.0 Å². The molecule has 0 unspecified atom stereocenters. The number of aromatic nitrogens is 1. The first kappa shape index (κ1) is 15.8. The van der Waals surface area contributed by atoms with E-state index in [9.17, 15) is 4.79 Å². The van der Waals surface area contributed by atoms with Gasteiger partial charge in [0.15, 0.2) is 5.76 Å². The number of likely N-dealkylation sites (N-methyl/N-ethyl adjacent to an activating group) is 1. The molecule has 122 valence electrons. The molecule has 2 heterocycles. The van der Waals surface area contributed by atoms with Gasteiger partial charge in [-0.1, -0.05) is 28.9 Å². The molecule has 7 heteroatoms. The summed E-state index contributed by atoms with van der Waals surface area (Å²) in [6.45, 7) is 3.61. The van der Waals surface area contributed by atoms with Gasteiger partial charge in [-0.05, 0) is 19.2 Å². The molecule has 3 rings (SSSR count). The minimum Gasteiger partial charge on any atom is -0.356 e. The number of carbonyl (C=O) groups excluding carboxylic acids is 1. The molecule has 1 fully saturated rings.